The molecule has 4 rings (SSSR count). The smallest absolute Gasteiger partial charge is 0.309 e. The molecule has 1 amide bonds. The van der Waals surface area contributed by atoms with E-state index < -0.39 is 11.9 Å². The van der Waals surface area contributed by atoms with E-state index in [9.17, 15) is 9.59 Å². The van der Waals surface area contributed by atoms with Crippen LogP contribution in [0.4, 0.5) is 0 Å². The van der Waals surface area contributed by atoms with Crippen LogP contribution in [-0.2, 0) is 17.8 Å². The maximum absolute atomic E-state index is 12.8. The van der Waals surface area contributed by atoms with E-state index in [4.69, 9.17) is 20.3 Å². The molecule has 1 aliphatic rings. The van der Waals surface area contributed by atoms with Crippen molar-refractivity contribution in [2.24, 2.45) is 16.6 Å². The summed E-state index contributed by atoms with van der Waals surface area (Å²) >= 11 is 1.49. The van der Waals surface area contributed by atoms with Gasteiger partial charge in [0.25, 0.3) is 5.91 Å². The molecule has 182 valence electrons. The molecule has 0 radical (unpaired) electrons. The maximum atomic E-state index is 12.8. The van der Waals surface area contributed by atoms with Crippen LogP contribution in [0.15, 0.2) is 59.6 Å². The standard InChI is InChI=1S/C26H27N3O5S/c1-3-16-12-20(15-29-13-18(14-29)26(31)32)35-23(16)24(27)28-25(30)17-8-10-19(11-9-17)34-22-7-5-4-6-21(22)33-2/h4-12,18H,3,13-15H2,1-2H3,(H,31,32)(H2,27,28,30). The number of benzene rings is 2. The Morgan fingerprint density at radius 3 is 2.46 bits per heavy atom. The molecule has 1 saturated heterocycles. The van der Waals surface area contributed by atoms with Gasteiger partial charge in [-0.1, -0.05) is 19.1 Å². The topological polar surface area (TPSA) is 114 Å². The van der Waals surface area contributed by atoms with E-state index in [1.54, 1.807) is 37.4 Å². The molecule has 3 N–H and O–H groups in total. The van der Waals surface area contributed by atoms with Gasteiger partial charge in [0.1, 0.15) is 11.6 Å². The van der Waals surface area contributed by atoms with Crippen molar-refractivity contribution in [3.63, 3.8) is 0 Å². The third-order valence-electron chi connectivity index (χ3n) is 5.78. The molecular formula is C26H27N3O5S. The van der Waals surface area contributed by atoms with E-state index in [1.807, 2.05) is 25.1 Å². The van der Waals surface area contributed by atoms with E-state index in [2.05, 4.69) is 16.0 Å². The van der Waals surface area contributed by atoms with Crippen LogP contribution in [0.2, 0.25) is 0 Å². The monoisotopic (exact) mass is 493 g/mol. The number of carbonyl (C=O) groups excluding carboxylic acids is 1. The summed E-state index contributed by atoms with van der Waals surface area (Å²) in [5, 5.41) is 9.06. The fourth-order valence-electron chi connectivity index (χ4n) is 3.84. The van der Waals surface area contributed by atoms with Crippen LogP contribution >= 0.6 is 11.3 Å². The lowest BCUT2D eigenvalue weighted by Crippen LogP contribution is -2.49. The van der Waals surface area contributed by atoms with Gasteiger partial charge in [-0.2, -0.15) is 4.99 Å². The first kappa shape index (κ1) is 24.4. The van der Waals surface area contributed by atoms with Gasteiger partial charge in [-0.05, 0) is 54.4 Å². The number of carboxylic acids is 1. The number of thiophene rings is 1. The number of likely N-dealkylation sites (tertiary alicyclic amines) is 1. The van der Waals surface area contributed by atoms with Crippen molar-refractivity contribution in [1.82, 2.24) is 4.90 Å². The summed E-state index contributed by atoms with van der Waals surface area (Å²) in [6, 6.07) is 16.1. The highest BCUT2D eigenvalue weighted by Gasteiger charge is 2.32. The SMILES string of the molecule is CCc1cc(CN2CC(C(=O)O)C2)sc1C(N)=NC(=O)c1ccc(Oc2ccccc2OC)cc1. The Morgan fingerprint density at radius 2 is 1.83 bits per heavy atom. The van der Waals surface area contributed by atoms with Crippen molar-refractivity contribution in [3.8, 4) is 17.2 Å². The van der Waals surface area contributed by atoms with Gasteiger partial charge >= 0.3 is 5.97 Å². The van der Waals surface area contributed by atoms with Crippen LogP contribution in [0.3, 0.4) is 0 Å². The lowest BCUT2D eigenvalue weighted by Gasteiger charge is -2.36. The molecular weight excluding hydrogens is 466 g/mol. The largest absolute Gasteiger partial charge is 0.493 e. The Labute approximate surface area is 207 Å². The highest BCUT2D eigenvalue weighted by molar-refractivity contribution is 7.14. The van der Waals surface area contributed by atoms with Crippen LogP contribution < -0.4 is 15.2 Å². The zero-order chi connectivity index (χ0) is 24.9. The number of amidine groups is 1. The van der Waals surface area contributed by atoms with Gasteiger partial charge in [0.05, 0.1) is 17.9 Å². The maximum Gasteiger partial charge on any atom is 0.309 e. The van der Waals surface area contributed by atoms with Crippen LogP contribution in [0.1, 0.15) is 32.6 Å². The van der Waals surface area contributed by atoms with Crippen molar-refractivity contribution in [1.29, 1.82) is 0 Å². The van der Waals surface area contributed by atoms with Gasteiger partial charge < -0.3 is 20.3 Å². The number of nitrogens with two attached hydrogens (primary N) is 1. The summed E-state index contributed by atoms with van der Waals surface area (Å²) in [6.07, 6.45) is 0.753. The van der Waals surface area contributed by atoms with Gasteiger partial charge in [-0.3, -0.25) is 14.5 Å². The minimum absolute atomic E-state index is 0.185. The molecule has 0 atom stereocenters. The average Bonchev–Trinajstić information content (AvgIpc) is 3.25. The molecule has 1 aliphatic heterocycles. The predicted octanol–water partition coefficient (Wildman–Crippen LogP) is 4.17. The number of amides is 1. The van der Waals surface area contributed by atoms with Gasteiger partial charge in [0.15, 0.2) is 11.5 Å². The normalized spacial score (nSPS) is 14.4. The Morgan fingerprint density at radius 1 is 1.14 bits per heavy atom. The molecule has 3 aromatic rings. The number of aliphatic imine (C=N–C) groups is 1. The number of para-hydroxylation sites is 2. The summed E-state index contributed by atoms with van der Waals surface area (Å²) < 4.78 is 11.1. The zero-order valence-electron chi connectivity index (χ0n) is 19.6. The van der Waals surface area contributed by atoms with Crippen molar-refractivity contribution in [2.45, 2.75) is 19.9 Å². The fourth-order valence-corrected chi connectivity index (χ4v) is 5.03. The molecule has 0 unspecified atom stereocenters. The molecule has 2 aromatic carbocycles. The molecule has 0 spiro atoms. The van der Waals surface area contributed by atoms with Crippen molar-refractivity contribution >= 4 is 29.0 Å². The van der Waals surface area contributed by atoms with Gasteiger partial charge in [-0.25, -0.2) is 0 Å². The number of rotatable bonds is 9. The second-order valence-electron chi connectivity index (χ2n) is 8.23. The van der Waals surface area contributed by atoms with Crippen molar-refractivity contribution in [3.05, 3.63) is 75.5 Å². The first-order chi connectivity index (χ1) is 16.9. The lowest BCUT2D eigenvalue weighted by molar-refractivity contribution is -0.147. The predicted molar refractivity (Wildman–Crippen MR) is 135 cm³/mol. The van der Waals surface area contributed by atoms with Gasteiger partial charge in [-0.15, -0.1) is 11.3 Å². The van der Waals surface area contributed by atoms with E-state index in [1.165, 1.54) is 11.3 Å². The minimum atomic E-state index is -0.753. The van der Waals surface area contributed by atoms with E-state index in [-0.39, 0.29) is 11.8 Å². The summed E-state index contributed by atoms with van der Waals surface area (Å²) in [6.45, 7) is 3.77. The summed E-state index contributed by atoms with van der Waals surface area (Å²) in [5.74, 6) is 0.458. The van der Waals surface area contributed by atoms with Crippen LogP contribution in [0, 0.1) is 5.92 Å². The third kappa shape index (κ3) is 5.70. The number of ether oxygens (including phenoxy) is 2. The quantitative estimate of drug-likeness (QED) is 0.340. The molecule has 9 heteroatoms. The van der Waals surface area contributed by atoms with Gasteiger partial charge in [0.2, 0.25) is 0 Å². The van der Waals surface area contributed by atoms with Gasteiger partial charge in [0, 0.05) is 30.1 Å². The fraction of sp³-hybridized carbons (Fsp3) is 0.269. The molecule has 35 heavy (non-hydrogen) atoms. The molecule has 0 aliphatic carbocycles. The molecule has 1 aromatic heterocycles. The number of aryl methyl sites for hydroxylation is 1. The molecule has 8 nitrogen and oxygen atoms in total. The molecule has 1 fully saturated rings. The van der Waals surface area contributed by atoms with Crippen molar-refractivity contribution < 1.29 is 24.2 Å². The number of methoxy groups -OCH3 is 1. The highest BCUT2D eigenvalue weighted by atomic mass is 32.1. The summed E-state index contributed by atoms with van der Waals surface area (Å²) in [5.41, 5.74) is 7.66. The average molecular weight is 494 g/mol. The summed E-state index contributed by atoms with van der Waals surface area (Å²) in [4.78, 5) is 31.9. The number of hydrogen-bond donors (Lipinski definition) is 2. The second-order valence-corrected chi connectivity index (χ2v) is 9.37. The first-order valence-electron chi connectivity index (χ1n) is 11.2. The van der Waals surface area contributed by atoms with Crippen molar-refractivity contribution in [2.75, 3.05) is 20.2 Å². The Kier molecular flexibility index (Phi) is 7.48. The van der Waals surface area contributed by atoms with E-state index in [0.29, 0.717) is 42.4 Å². The van der Waals surface area contributed by atoms with E-state index >= 15 is 0 Å². The van der Waals surface area contributed by atoms with Crippen LogP contribution in [0.5, 0.6) is 17.2 Å². The van der Waals surface area contributed by atoms with E-state index in [0.717, 1.165) is 21.7 Å². The number of hydrogen-bond acceptors (Lipinski definition) is 6. The molecule has 0 bridgehead atoms. The summed E-state index contributed by atoms with van der Waals surface area (Å²) in [7, 11) is 1.58. The molecule has 2 heterocycles. The number of carbonyl (C=O) groups is 2. The Balaban J connectivity index is 1.43. The minimum Gasteiger partial charge on any atom is -0.493 e. The number of nitrogens with zero attached hydrogens (tertiary/aromatic N) is 2. The first-order valence-corrected chi connectivity index (χ1v) is 12.1. The highest BCUT2D eigenvalue weighted by Crippen LogP contribution is 2.31. The second kappa shape index (κ2) is 10.7. The zero-order valence-corrected chi connectivity index (χ0v) is 20.4. The lowest BCUT2D eigenvalue weighted by atomic mass is 10.0. The Hall–Kier alpha value is -3.69. The number of aliphatic carboxylic acids is 1. The number of carboxylic acid groups (broad SMARTS) is 1. The van der Waals surface area contributed by atoms with Crippen LogP contribution in [0.25, 0.3) is 0 Å². The Bertz CT molecular complexity index is 1250. The van der Waals surface area contributed by atoms with Crippen LogP contribution in [-0.4, -0.2) is 47.9 Å². The molecule has 0 saturated carbocycles. The third-order valence-corrected chi connectivity index (χ3v) is 6.96.